The molecule has 188 valence electrons. The first kappa shape index (κ1) is 26.8. The number of hydrogen-bond acceptors (Lipinski definition) is 13. The molecule has 1 saturated heterocycles. The first-order chi connectivity index (χ1) is 15.5. The van der Waals surface area contributed by atoms with E-state index in [-0.39, 0.29) is 17.0 Å². The van der Waals surface area contributed by atoms with E-state index in [1.165, 1.54) is 12.1 Å². The number of aliphatic hydroxyl groups is 2. The molecular weight excluding hydrogens is 527 g/mol. The van der Waals surface area contributed by atoms with Gasteiger partial charge >= 0.3 is 23.5 Å². The quantitative estimate of drug-likeness (QED) is 0.193. The second-order valence-corrected chi connectivity index (χ2v) is 11.6. The molecule has 2 aromatic rings. The van der Waals surface area contributed by atoms with Crippen molar-refractivity contribution in [2.75, 3.05) is 12.3 Å². The van der Waals surface area contributed by atoms with Gasteiger partial charge in [-0.3, -0.25) is 4.52 Å². The molecule has 1 aliphatic heterocycles. The van der Waals surface area contributed by atoms with Crippen LogP contribution in [0.2, 0.25) is 0 Å². The number of anilines is 1. The predicted octanol–water partition coefficient (Wildman–Crippen LogP) is -1.12. The molecule has 0 aromatic carbocycles. The molecule has 18 nitrogen and oxygen atoms in total. The fraction of sp³-hybridized carbons (Fsp3) is 0.462. The predicted molar refractivity (Wildman–Crippen MR) is 106 cm³/mol. The minimum atomic E-state index is -5.78. The minimum absolute atomic E-state index is 0.0257. The van der Waals surface area contributed by atoms with Gasteiger partial charge in [0.05, 0.1) is 12.3 Å². The molecule has 2 aromatic heterocycles. The molecule has 0 radical (unpaired) electrons. The summed E-state index contributed by atoms with van der Waals surface area (Å²) in [6.45, 7) is -0.0530. The molecule has 0 aliphatic carbocycles. The highest BCUT2D eigenvalue weighted by molar-refractivity contribution is 7.66. The zero-order valence-corrected chi connectivity index (χ0v) is 19.5. The zero-order valence-electron chi connectivity index (χ0n) is 16.8. The number of rotatable bonds is 8. The number of nitrogen functional groups attached to an aromatic ring is 1. The summed E-state index contributed by atoms with van der Waals surface area (Å²) in [6, 6.07) is 4.45. The van der Waals surface area contributed by atoms with Gasteiger partial charge in [0.25, 0.3) is 0 Å². The first-order valence-electron chi connectivity index (χ1n) is 8.80. The van der Waals surface area contributed by atoms with Crippen LogP contribution in [0.15, 0.2) is 18.5 Å². The van der Waals surface area contributed by atoms with Crippen LogP contribution in [0.3, 0.4) is 0 Å². The Morgan fingerprint density at radius 3 is 2.41 bits per heavy atom. The van der Waals surface area contributed by atoms with E-state index in [1.807, 2.05) is 0 Å². The molecular formula is C13H18N5O13P3. The highest BCUT2D eigenvalue weighted by Gasteiger charge is 2.63. The van der Waals surface area contributed by atoms with Crippen LogP contribution >= 0.6 is 23.5 Å². The zero-order chi connectivity index (χ0) is 25.7. The van der Waals surface area contributed by atoms with Crippen LogP contribution in [0, 0.1) is 11.3 Å². The molecule has 6 atom stereocenters. The monoisotopic (exact) mass is 545 g/mol. The summed E-state index contributed by atoms with van der Waals surface area (Å²) >= 11 is 0. The number of hydrogen-bond donors (Lipinski definition) is 7. The third-order valence-corrected chi connectivity index (χ3v) is 8.48. The van der Waals surface area contributed by atoms with Crippen molar-refractivity contribution in [1.29, 1.82) is 5.26 Å². The Morgan fingerprint density at radius 1 is 1.18 bits per heavy atom. The van der Waals surface area contributed by atoms with Gasteiger partial charge in [-0.05, 0) is 19.1 Å². The largest absolute Gasteiger partial charge is 0.490 e. The van der Waals surface area contributed by atoms with Gasteiger partial charge in [0.1, 0.15) is 35.7 Å². The molecule has 1 fully saturated rings. The third kappa shape index (κ3) is 5.08. The van der Waals surface area contributed by atoms with E-state index in [1.54, 1.807) is 6.07 Å². The van der Waals surface area contributed by atoms with Crippen molar-refractivity contribution in [2.24, 2.45) is 0 Å². The molecule has 2 unspecified atom stereocenters. The van der Waals surface area contributed by atoms with Gasteiger partial charge in [0.15, 0.2) is 5.82 Å². The number of aromatic nitrogens is 3. The summed E-state index contributed by atoms with van der Waals surface area (Å²) in [4.78, 5) is 39.8. The fourth-order valence-electron chi connectivity index (χ4n) is 3.26. The average Bonchev–Trinajstić information content (AvgIpc) is 3.20. The van der Waals surface area contributed by atoms with Crippen molar-refractivity contribution >= 4 is 34.8 Å². The molecule has 0 amide bonds. The van der Waals surface area contributed by atoms with Gasteiger partial charge in [-0.2, -0.15) is 19.0 Å². The molecule has 21 heteroatoms. The normalized spacial score (nSPS) is 31.1. The van der Waals surface area contributed by atoms with Crippen molar-refractivity contribution in [3.05, 3.63) is 24.2 Å². The molecule has 1 aliphatic rings. The second kappa shape index (κ2) is 8.70. The molecule has 0 spiro atoms. The summed E-state index contributed by atoms with van der Waals surface area (Å²) in [5.74, 6) is 0.0257. The lowest BCUT2D eigenvalue weighted by atomic mass is 9.90. The van der Waals surface area contributed by atoms with Crippen molar-refractivity contribution < 1.29 is 61.4 Å². The SMILES string of the molecule is C[C@]1(COP(=O)(O)OP(=O)(O)OP(=O)(O)O)O[C@@](C#N)(c2ccc3c(N)ncnn23)[C@H](O)[C@@H]1O. The Balaban J connectivity index is 1.87. The molecule has 8 N–H and O–H groups in total. The van der Waals surface area contributed by atoms with E-state index in [0.29, 0.717) is 0 Å². The van der Waals surface area contributed by atoms with Gasteiger partial charge in [-0.25, -0.2) is 23.2 Å². The summed E-state index contributed by atoms with van der Waals surface area (Å²) < 4.78 is 52.6. The minimum Gasteiger partial charge on any atom is -0.387 e. The van der Waals surface area contributed by atoms with Crippen LogP contribution in [-0.4, -0.2) is 68.8 Å². The van der Waals surface area contributed by atoms with Crippen molar-refractivity contribution in [3.8, 4) is 6.07 Å². The highest BCUT2D eigenvalue weighted by Crippen LogP contribution is 2.66. The summed E-state index contributed by atoms with van der Waals surface area (Å²) in [7, 11) is -17.0. The average molecular weight is 545 g/mol. The van der Waals surface area contributed by atoms with Crippen molar-refractivity contribution in [3.63, 3.8) is 0 Å². The number of phosphoric ester groups is 1. The number of fused-ring (bicyclic) bond motifs is 1. The van der Waals surface area contributed by atoms with E-state index in [4.69, 9.17) is 20.3 Å². The Bertz CT molecular complexity index is 1290. The topological polar surface area (TPSA) is 290 Å². The van der Waals surface area contributed by atoms with E-state index in [9.17, 15) is 39.0 Å². The number of phosphoric acid groups is 3. The van der Waals surface area contributed by atoms with Gasteiger partial charge in [0, 0.05) is 0 Å². The van der Waals surface area contributed by atoms with Crippen LogP contribution < -0.4 is 5.73 Å². The first-order valence-corrected chi connectivity index (χ1v) is 13.3. The Hall–Kier alpha value is -1.80. The highest BCUT2D eigenvalue weighted by atomic mass is 31.3. The maximum atomic E-state index is 12.0. The van der Waals surface area contributed by atoms with E-state index >= 15 is 0 Å². The van der Waals surface area contributed by atoms with Gasteiger partial charge in [0.2, 0.25) is 5.60 Å². The van der Waals surface area contributed by atoms with Crippen LogP contribution in [0.25, 0.3) is 5.52 Å². The summed E-state index contributed by atoms with van der Waals surface area (Å²) in [5.41, 5.74) is 1.48. The number of nitrogens with two attached hydrogens (primary N) is 1. The Morgan fingerprint density at radius 2 is 1.82 bits per heavy atom. The van der Waals surface area contributed by atoms with E-state index < -0.39 is 53.5 Å². The van der Waals surface area contributed by atoms with Crippen LogP contribution in [0.4, 0.5) is 5.82 Å². The van der Waals surface area contributed by atoms with E-state index in [2.05, 4.69) is 23.2 Å². The lowest BCUT2D eigenvalue weighted by molar-refractivity contribution is -0.122. The molecule has 3 rings (SSSR count). The smallest absolute Gasteiger partial charge is 0.387 e. The van der Waals surface area contributed by atoms with Crippen LogP contribution in [0.1, 0.15) is 12.6 Å². The summed E-state index contributed by atoms with van der Waals surface area (Å²) in [5, 5.41) is 35.1. The number of nitriles is 1. The van der Waals surface area contributed by atoms with Gasteiger partial charge in [-0.15, -0.1) is 0 Å². The molecule has 3 heterocycles. The molecule has 0 bridgehead atoms. The van der Waals surface area contributed by atoms with E-state index in [0.717, 1.165) is 17.8 Å². The summed E-state index contributed by atoms with van der Waals surface area (Å²) in [6.07, 6.45) is -2.85. The Labute approximate surface area is 189 Å². The number of ether oxygens (including phenoxy) is 1. The second-order valence-electron chi connectivity index (χ2n) is 7.18. The standard InChI is InChI=1S/C13H18N5O13P3/c1-12(5-28-33(24,25)31-34(26,27)30-32(21,22)23)9(19)10(20)13(4-14,29-12)8-3-2-7-11(15)16-6-17-18(7)8/h2-3,6,9-10,19-20H,5H2,1H3,(H,24,25)(H,26,27)(H2,15,16,17)(H2,21,22,23)/t9-,10+,12+,13-/m0/s1. The van der Waals surface area contributed by atoms with Gasteiger partial charge in [-0.1, -0.05) is 0 Å². The third-order valence-electron chi connectivity index (χ3n) is 4.69. The number of nitrogens with zero attached hydrogens (tertiary/aromatic N) is 4. The maximum absolute atomic E-state index is 12.0. The lowest BCUT2D eigenvalue weighted by Gasteiger charge is -2.29. The number of aliphatic hydroxyl groups excluding tert-OH is 2. The molecule has 0 saturated carbocycles. The van der Waals surface area contributed by atoms with Gasteiger partial charge < -0.3 is 40.3 Å². The molecule has 34 heavy (non-hydrogen) atoms. The van der Waals surface area contributed by atoms with Crippen LogP contribution in [0.5, 0.6) is 0 Å². The van der Waals surface area contributed by atoms with Crippen molar-refractivity contribution in [1.82, 2.24) is 14.6 Å². The lowest BCUT2D eigenvalue weighted by Crippen LogP contribution is -2.44. The fourth-order valence-corrected chi connectivity index (χ4v) is 6.37. The maximum Gasteiger partial charge on any atom is 0.490 e. The van der Waals surface area contributed by atoms with Crippen molar-refractivity contribution in [2.45, 2.75) is 30.3 Å². The van der Waals surface area contributed by atoms with Crippen LogP contribution in [-0.2, 0) is 37.2 Å². The Kier molecular flexibility index (Phi) is 6.86.